The Labute approximate surface area is 153 Å². The minimum atomic E-state index is 0.0241. The van der Waals surface area contributed by atoms with Crippen molar-refractivity contribution in [1.29, 1.82) is 0 Å². The molecule has 2 N–H and O–H groups in total. The van der Waals surface area contributed by atoms with E-state index in [9.17, 15) is 4.79 Å². The Bertz CT molecular complexity index is 750. The summed E-state index contributed by atoms with van der Waals surface area (Å²) in [6, 6.07) is 6.46. The van der Waals surface area contributed by atoms with Crippen LogP contribution in [0.15, 0.2) is 24.4 Å². The topological polar surface area (TPSA) is 46.4 Å². The molecule has 0 unspecified atom stereocenters. The van der Waals surface area contributed by atoms with Crippen LogP contribution in [0.3, 0.4) is 0 Å². The number of likely N-dealkylation sites (tertiary alicyclic amines) is 1. The summed E-state index contributed by atoms with van der Waals surface area (Å²) in [7, 11) is 0. The lowest BCUT2D eigenvalue weighted by Gasteiger charge is -2.26. The highest BCUT2D eigenvalue weighted by Gasteiger charge is 2.36. The largest absolute Gasteiger partial charge is 0.324 e. The minimum absolute atomic E-state index is 0.0241. The zero-order valence-electron chi connectivity index (χ0n) is 14.8. The summed E-state index contributed by atoms with van der Waals surface area (Å²) in [5.41, 5.74) is 3.98. The average Bonchev–Trinajstić information content (AvgIpc) is 3.25. The number of anilines is 1. The lowest BCUT2D eigenvalue weighted by Crippen LogP contribution is -3.10. The minimum Gasteiger partial charge on any atom is -0.324 e. The second-order valence-corrected chi connectivity index (χ2v) is 8.29. The van der Waals surface area contributed by atoms with Crippen LogP contribution in [-0.2, 0) is 17.6 Å². The molecule has 1 atom stereocenters. The third-order valence-electron chi connectivity index (χ3n) is 5.43. The van der Waals surface area contributed by atoms with Gasteiger partial charge in [0.1, 0.15) is 10.7 Å². The van der Waals surface area contributed by atoms with Gasteiger partial charge in [0.15, 0.2) is 6.04 Å². The van der Waals surface area contributed by atoms with Crippen molar-refractivity contribution < 1.29 is 9.69 Å². The molecule has 3 heterocycles. The molecule has 0 radical (unpaired) electrons. The van der Waals surface area contributed by atoms with Crippen LogP contribution in [0, 0.1) is 0 Å². The molecule has 4 rings (SSSR count). The van der Waals surface area contributed by atoms with Crippen molar-refractivity contribution in [3.05, 3.63) is 46.1 Å². The fourth-order valence-corrected chi connectivity index (χ4v) is 5.75. The Hall–Kier alpha value is -1.72. The first-order valence-electron chi connectivity index (χ1n) is 9.41. The quantitative estimate of drug-likeness (QED) is 0.885. The first kappa shape index (κ1) is 16.7. The molecule has 0 saturated carbocycles. The van der Waals surface area contributed by atoms with Gasteiger partial charge in [-0.05, 0) is 43.4 Å². The van der Waals surface area contributed by atoms with E-state index >= 15 is 0 Å². The van der Waals surface area contributed by atoms with Crippen LogP contribution in [0.4, 0.5) is 5.00 Å². The summed E-state index contributed by atoms with van der Waals surface area (Å²) >= 11 is 1.80. The Morgan fingerprint density at radius 1 is 1.20 bits per heavy atom. The van der Waals surface area contributed by atoms with Gasteiger partial charge in [-0.2, -0.15) is 0 Å². The molecule has 132 valence electrons. The molecular weight excluding hydrogens is 330 g/mol. The number of aryl methyl sites for hydroxylation is 1. The van der Waals surface area contributed by atoms with Gasteiger partial charge in [-0.25, -0.2) is 0 Å². The van der Waals surface area contributed by atoms with Gasteiger partial charge in [-0.15, -0.1) is 11.3 Å². The summed E-state index contributed by atoms with van der Waals surface area (Å²) < 4.78 is 0. The number of fused-ring (bicyclic) bond motifs is 1. The summed E-state index contributed by atoms with van der Waals surface area (Å²) in [5, 5.41) is 4.21. The number of aromatic nitrogens is 1. The second-order valence-electron chi connectivity index (χ2n) is 7.19. The smallest absolute Gasteiger partial charge is 0.221 e. The van der Waals surface area contributed by atoms with Gasteiger partial charge in [-0.1, -0.05) is 6.07 Å². The lowest BCUT2D eigenvalue weighted by atomic mass is 9.90. The summed E-state index contributed by atoms with van der Waals surface area (Å²) in [6.45, 7) is 3.98. The molecule has 0 spiro atoms. The molecule has 2 aromatic heterocycles. The number of carbonyl (C=O) groups excluding carboxylic acids is 1. The molecule has 2 aromatic rings. The van der Waals surface area contributed by atoms with Gasteiger partial charge in [0.25, 0.3) is 0 Å². The van der Waals surface area contributed by atoms with Gasteiger partial charge in [0.05, 0.1) is 18.7 Å². The number of quaternary nitrogens is 1. The number of carbonyl (C=O) groups is 1. The lowest BCUT2D eigenvalue weighted by molar-refractivity contribution is -0.913. The molecule has 0 aromatic carbocycles. The van der Waals surface area contributed by atoms with Crippen molar-refractivity contribution in [2.45, 2.75) is 51.5 Å². The molecule has 4 nitrogen and oxygen atoms in total. The Morgan fingerprint density at radius 2 is 2.00 bits per heavy atom. The number of nitrogens with zero attached hydrogens (tertiary/aromatic N) is 1. The highest BCUT2D eigenvalue weighted by Crippen LogP contribution is 2.42. The molecule has 2 aliphatic rings. The molecule has 0 bridgehead atoms. The number of nitrogens with one attached hydrogen (secondary N) is 2. The number of hydrogen-bond acceptors (Lipinski definition) is 3. The molecule has 1 saturated heterocycles. The summed E-state index contributed by atoms with van der Waals surface area (Å²) in [5.74, 6) is 0.0241. The molecule has 1 amide bonds. The van der Waals surface area contributed by atoms with Crippen LogP contribution in [0.2, 0.25) is 0 Å². The average molecular weight is 357 g/mol. The third-order valence-corrected chi connectivity index (χ3v) is 6.65. The van der Waals surface area contributed by atoms with Gasteiger partial charge < -0.3 is 10.2 Å². The van der Waals surface area contributed by atoms with Gasteiger partial charge in [0.2, 0.25) is 5.91 Å². The fraction of sp³-hybridized carbons (Fsp3) is 0.500. The molecule has 25 heavy (non-hydrogen) atoms. The number of thiophene rings is 1. The van der Waals surface area contributed by atoms with Crippen LogP contribution in [0.1, 0.15) is 60.3 Å². The first-order valence-corrected chi connectivity index (χ1v) is 10.2. The number of pyridine rings is 1. The highest BCUT2D eigenvalue weighted by atomic mass is 32.1. The zero-order valence-corrected chi connectivity index (χ0v) is 15.6. The third kappa shape index (κ3) is 3.35. The fourth-order valence-electron chi connectivity index (χ4n) is 4.37. The predicted octanol–water partition coefficient (Wildman–Crippen LogP) is 2.75. The van der Waals surface area contributed by atoms with Crippen LogP contribution in [0.25, 0.3) is 0 Å². The van der Waals surface area contributed by atoms with Crippen molar-refractivity contribution in [2.75, 3.05) is 18.4 Å². The highest BCUT2D eigenvalue weighted by molar-refractivity contribution is 7.16. The van der Waals surface area contributed by atoms with Crippen LogP contribution in [0.5, 0.6) is 0 Å². The Morgan fingerprint density at radius 3 is 2.72 bits per heavy atom. The predicted molar refractivity (Wildman–Crippen MR) is 101 cm³/mol. The SMILES string of the molecule is CC(=O)Nc1sc2c(c1[C@@H](c1ccccn1)[NH+]1CCCC1)CCCC2. The van der Waals surface area contributed by atoms with Crippen molar-refractivity contribution in [1.82, 2.24) is 4.98 Å². The molecule has 1 fully saturated rings. The zero-order chi connectivity index (χ0) is 17.2. The van der Waals surface area contributed by atoms with E-state index in [0.29, 0.717) is 0 Å². The Kier molecular flexibility index (Phi) is 4.86. The van der Waals surface area contributed by atoms with E-state index in [2.05, 4.69) is 17.4 Å². The monoisotopic (exact) mass is 356 g/mol. The summed E-state index contributed by atoms with van der Waals surface area (Å²) in [6.07, 6.45) is 9.25. The number of rotatable bonds is 4. The van der Waals surface area contributed by atoms with Crippen LogP contribution in [-0.4, -0.2) is 24.0 Å². The molecular formula is C20H26N3OS+. The molecule has 5 heteroatoms. The Balaban J connectivity index is 1.85. The second kappa shape index (κ2) is 7.26. The van der Waals surface area contributed by atoms with Crippen LogP contribution < -0.4 is 10.2 Å². The van der Waals surface area contributed by atoms with Crippen LogP contribution >= 0.6 is 11.3 Å². The van der Waals surface area contributed by atoms with E-state index < -0.39 is 0 Å². The number of hydrogen-bond donors (Lipinski definition) is 2. The van der Waals surface area contributed by atoms with Crippen molar-refractivity contribution >= 4 is 22.2 Å². The van der Waals surface area contributed by atoms with E-state index in [0.717, 1.165) is 23.5 Å². The normalized spacial score (nSPS) is 18.8. The van der Waals surface area contributed by atoms with E-state index in [4.69, 9.17) is 4.98 Å². The van der Waals surface area contributed by atoms with Crippen molar-refractivity contribution in [3.8, 4) is 0 Å². The van der Waals surface area contributed by atoms with E-state index in [-0.39, 0.29) is 11.9 Å². The van der Waals surface area contributed by atoms with Gasteiger partial charge in [-0.3, -0.25) is 9.78 Å². The van der Waals surface area contributed by atoms with Gasteiger partial charge in [0, 0.05) is 30.8 Å². The molecule has 1 aliphatic heterocycles. The van der Waals surface area contributed by atoms with E-state index in [1.807, 2.05) is 12.3 Å². The van der Waals surface area contributed by atoms with Crippen molar-refractivity contribution in [3.63, 3.8) is 0 Å². The maximum atomic E-state index is 11.8. The van der Waals surface area contributed by atoms with E-state index in [1.165, 1.54) is 54.8 Å². The maximum absolute atomic E-state index is 11.8. The number of amides is 1. The summed E-state index contributed by atoms with van der Waals surface area (Å²) in [4.78, 5) is 19.6. The maximum Gasteiger partial charge on any atom is 0.221 e. The van der Waals surface area contributed by atoms with Crippen molar-refractivity contribution in [2.24, 2.45) is 0 Å². The van der Waals surface area contributed by atoms with E-state index in [1.54, 1.807) is 23.2 Å². The standard InChI is InChI=1S/C20H25N3OS/c1-14(24)22-20-18(15-8-2-3-10-17(15)25-20)19(23-12-6-7-13-23)16-9-4-5-11-21-16/h4-5,9,11,19H,2-3,6-8,10,12-13H2,1H3,(H,22,24)/p+1/t19-/m1/s1. The van der Waals surface area contributed by atoms with Gasteiger partial charge >= 0.3 is 0 Å². The molecule has 1 aliphatic carbocycles. The first-order chi connectivity index (χ1) is 12.2.